The van der Waals surface area contributed by atoms with Gasteiger partial charge in [-0.3, -0.25) is 4.79 Å². The van der Waals surface area contributed by atoms with Gasteiger partial charge in [0.1, 0.15) is 22.5 Å². The van der Waals surface area contributed by atoms with Crippen LogP contribution in [0.2, 0.25) is 5.15 Å². The highest BCUT2D eigenvalue weighted by Gasteiger charge is 2.40. The van der Waals surface area contributed by atoms with Crippen LogP contribution in [-0.2, 0) is 4.79 Å². The Morgan fingerprint density at radius 1 is 1.30 bits per heavy atom. The number of aliphatic hydroxyl groups is 1. The van der Waals surface area contributed by atoms with Crippen molar-refractivity contribution in [3.8, 4) is 6.07 Å². The fourth-order valence-corrected chi connectivity index (χ4v) is 4.25. The molecular formula is C21H18ClN3O2. The molecule has 2 heterocycles. The van der Waals surface area contributed by atoms with E-state index < -0.39 is 5.92 Å². The summed E-state index contributed by atoms with van der Waals surface area (Å²) in [5, 5.41) is 23.7. The number of benzene rings is 1. The SMILES string of the molecule is CC1(C)CC(=O)C([C@H]2c3ccccc3Nc3c2cnc(Cl)c3C#N)=C(O)C1. The van der Waals surface area contributed by atoms with Crippen molar-refractivity contribution in [2.75, 3.05) is 5.32 Å². The normalized spacial score (nSPS) is 20.4. The number of carbonyl (C=O) groups is 1. The fourth-order valence-electron chi connectivity index (χ4n) is 4.06. The van der Waals surface area contributed by atoms with Gasteiger partial charge in [0.2, 0.25) is 0 Å². The van der Waals surface area contributed by atoms with E-state index in [1.807, 2.05) is 38.1 Å². The van der Waals surface area contributed by atoms with Crippen molar-refractivity contribution >= 4 is 28.8 Å². The van der Waals surface area contributed by atoms with E-state index in [0.29, 0.717) is 29.7 Å². The van der Waals surface area contributed by atoms with Crippen LogP contribution < -0.4 is 5.32 Å². The second-order valence-corrected chi connectivity index (χ2v) is 8.17. The number of allylic oxidation sites excluding steroid dienone is 2. The van der Waals surface area contributed by atoms with E-state index in [1.54, 1.807) is 6.20 Å². The number of halogens is 1. The quantitative estimate of drug-likeness (QED) is 0.681. The smallest absolute Gasteiger partial charge is 0.163 e. The lowest BCUT2D eigenvalue weighted by molar-refractivity contribution is -0.118. The van der Waals surface area contributed by atoms with Crippen LogP contribution in [0.4, 0.5) is 11.4 Å². The van der Waals surface area contributed by atoms with Gasteiger partial charge in [-0.05, 0) is 17.0 Å². The molecule has 0 spiro atoms. The maximum atomic E-state index is 13.0. The second kappa shape index (κ2) is 6.11. The molecule has 136 valence electrons. The average molecular weight is 380 g/mol. The van der Waals surface area contributed by atoms with Gasteiger partial charge in [0, 0.05) is 41.8 Å². The van der Waals surface area contributed by atoms with Crippen molar-refractivity contribution in [1.29, 1.82) is 5.26 Å². The van der Waals surface area contributed by atoms with E-state index in [1.165, 1.54) is 0 Å². The molecular weight excluding hydrogens is 362 g/mol. The van der Waals surface area contributed by atoms with Gasteiger partial charge in [-0.25, -0.2) is 4.98 Å². The third-order valence-corrected chi connectivity index (χ3v) is 5.49. The molecule has 1 aliphatic carbocycles. The van der Waals surface area contributed by atoms with Crippen LogP contribution in [0.1, 0.15) is 49.3 Å². The number of aromatic nitrogens is 1. The van der Waals surface area contributed by atoms with Gasteiger partial charge in [-0.2, -0.15) is 5.26 Å². The van der Waals surface area contributed by atoms with E-state index in [9.17, 15) is 15.2 Å². The molecule has 0 unspecified atom stereocenters. The number of nitrogens with zero attached hydrogens (tertiary/aromatic N) is 2. The monoisotopic (exact) mass is 379 g/mol. The summed E-state index contributed by atoms with van der Waals surface area (Å²) in [6.07, 6.45) is 2.38. The molecule has 2 aromatic rings. The van der Waals surface area contributed by atoms with Gasteiger partial charge in [0.25, 0.3) is 0 Å². The van der Waals surface area contributed by atoms with Crippen LogP contribution in [-0.4, -0.2) is 15.9 Å². The number of nitriles is 1. The zero-order chi connectivity index (χ0) is 19.3. The van der Waals surface area contributed by atoms with Crippen molar-refractivity contribution in [3.05, 3.63) is 63.6 Å². The number of ketones is 1. The topological polar surface area (TPSA) is 86.0 Å². The minimum Gasteiger partial charge on any atom is -0.512 e. The minimum absolute atomic E-state index is 0.0788. The van der Waals surface area contributed by atoms with E-state index in [4.69, 9.17) is 11.6 Å². The van der Waals surface area contributed by atoms with Gasteiger partial charge < -0.3 is 10.4 Å². The first-order chi connectivity index (χ1) is 12.8. The first-order valence-corrected chi connectivity index (χ1v) is 9.10. The molecule has 2 N–H and O–H groups in total. The highest BCUT2D eigenvalue weighted by molar-refractivity contribution is 6.31. The number of para-hydroxylation sites is 1. The molecule has 0 saturated carbocycles. The molecule has 1 aliphatic heterocycles. The molecule has 27 heavy (non-hydrogen) atoms. The van der Waals surface area contributed by atoms with Crippen LogP contribution in [0.3, 0.4) is 0 Å². The minimum atomic E-state index is -0.488. The number of Topliss-reactive ketones (excluding diaryl/α,β-unsaturated/α-hetero) is 1. The maximum Gasteiger partial charge on any atom is 0.163 e. The summed E-state index contributed by atoms with van der Waals surface area (Å²) in [7, 11) is 0. The highest BCUT2D eigenvalue weighted by atomic mass is 35.5. The number of hydrogen-bond donors (Lipinski definition) is 2. The van der Waals surface area contributed by atoms with E-state index in [2.05, 4.69) is 16.4 Å². The Hall–Kier alpha value is -2.84. The molecule has 2 aliphatic rings. The number of carbonyl (C=O) groups excluding carboxylic acids is 1. The third-order valence-electron chi connectivity index (χ3n) is 5.20. The number of hydrogen-bond acceptors (Lipinski definition) is 5. The summed E-state index contributed by atoms with van der Waals surface area (Å²) in [5.41, 5.74) is 3.20. The lowest BCUT2D eigenvalue weighted by Gasteiger charge is -2.36. The van der Waals surface area contributed by atoms with Gasteiger partial charge in [0.15, 0.2) is 5.78 Å². The average Bonchev–Trinajstić information content (AvgIpc) is 2.59. The Labute approximate surface area is 162 Å². The predicted molar refractivity (Wildman–Crippen MR) is 103 cm³/mol. The number of anilines is 2. The van der Waals surface area contributed by atoms with Gasteiger partial charge in [0.05, 0.1) is 5.69 Å². The molecule has 1 aromatic carbocycles. The van der Waals surface area contributed by atoms with Crippen LogP contribution in [0, 0.1) is 16.7 Å². The molecule has 6 heteroatoms. The van der Waals surface area contributed by atoms with Crippen LogP contribution in [0.15, 0.2) is 41.8 Å². The third kappa shape index (κ3) is 2.77. The summed E-state index contributed by atoms with van der Waals surface area (Å²) in [5.74, 6) is -0.458. The summed E-state index contributed by atoms with van der Waals surface area (Å²) in [6.45, 7) is 3.94. The second-order valence-electron chi connectivity index (χ2n) is 7.81. The van der Waals surface area contributed by atoms with Crippen molar-refractivity contribution in [1.82, 2.24) is 4.98 Å². The maximum absolute atomic E-state index is 13.0. The Morgan fingerprint density at radius 2 is 2.04 bits per heavy atom. The summed E-state index contributed by atoms with van der Waals surface area (Å²) in [6, 6.07) is 9.67. The predicted octanol–water partition coefficient (Wildman–Crippen LogP) is 5.00. The fraction of sp³-hybridized carbons (Fsp3) is 0.286. The molecule has 0 radical (unpaired) electrons. The Morgan fingerprint density at radius 3 is 2.74 bits per heavy atom. The highest BCUT2D eigenvalue weighted by Crippen LogP contribution is 2.50. The summed E-state index contributed by atoms with van der Waals surface area (Å²) in [4.78, 5) is 17.2. The Balaban J connectivity index is 2.00. The van der Waals surface area contributed by atoms with Gasteiger partial charge >= 0.3 is 0 Å². The zero-order valence-corrected chi connectivity index (χ0v) is 15.8. The van der Waals surface area contributed by atoms with Gasteiger partial charge in [-0.1, -0.05) is 43.6 Å². The van der Waals surface area contributed by atoms with E-state index >= 15 is 0 Å². The molecule has 1 atom stereocenters. The van der Waals surface area contributed by atoms with Crippen LogP contribution >= 0.6 is 11.6 Å². The lowest BCUT2D eigenvalue weighted by atomic mass is 9.70. The first-order valence-electron chi connectivity index (χ1n) is 8.72. The largest absolute Gasteiger partial charge is 0.512 e. The van der Waals surface area contributed by atoms with Crippen molar-refractivity contribution in [2.24, 2.45) is 5.41 Å². The molecule has 5 nitrogen and oxygen atoms in total. The van der Waals surface area contributed by atoms with Crippen LogP contribution in [0.25, 0.3) is 0 Å². The number of pyridine rings is 1. The van der Waals surface area contributed by atoms with Crippen molar-refractivity contribution < 1.29 is 9.90 Å². The zero-order valence-electron chi connectivity index (χ0n) is 15.0. The lowest BCUT2D eigenvalue weighted by Crippen LogP contribution is -2.30. The van der Waals surface area contributed by atoms with E-state index in [0.717, 1.165) is 11.3 Å². The molecule has 0 saturated heterocycles. The molecule has 0 bridgehead atoms. The first kappa shape index (κ1) is 17.6. The summed E-state index contributed by atoms with van der Waals surface area (Å²) >= 11 is 6.11. The molecule has 4 rings (SSSR count). The van der Waals surface area contributed by atoms with E-state index in [-0.39, 0.29) is 27.7 Å². The van der Waals surface area contributed by atoms with Gasteiger partial charge in [-0.15, -0.1) is 0 Å². The Bertz CT molecular complexity index is 1050. The summed E-state index contributed by atoms with van der Waals surface area (Å²) < 4.78 is 0. The standard InChI is InChI=1S/C21H18ClN3O2/c1-21(2)7-15(26)18(16(27)8-21)17-11-5-3-4-6-14(11)25-19-12(9-23)20(22)24-10-13(17)19/h3-6,10,17,25-26H,7-8H2,1-2H3/t17-/m0/s1. The number of fused-ring (bicyclic) bond motifs is 2. The van der Waals surface area contributed by atoms with Crippen LogP contribution in [0.5, 0.6) is 0 Å². The Kier molecular flexibility index (Phi) is 3.97. The molecule has 0 amide bonds. The molecule has 0 fully saturated rings. The van der Waals surface area contributed by atoms with Crippen molar-refractivity contribution in [2.45, 2.75) is 32.6 Å². The van der Waals surface area contributed by atoms with Crippen molar-refractivity contribution in [3.63, 3.8) is 0 Å². The molecule has 1 aromatic heterocycles. The number of nitrogens with one attached hydrogen (secondary N) is 1. The number of rotatable bonds is 1. The number of aliphatic hydroxyl groups excluding tert-OH is 1.